The maximum absolute atomic E-state index is 12.9. The molecule has 1 aliphatic rings. The zero-order chi connectivity index (χ0) is 20.2. The van der Waals surface area contributed by atoms with E-state index in [2.05, 4.69) is 10.3 Å². The summed E-state index contributed by atoms with van der Waals surface area (Å²) in [5, 5.41) is 3.43. The first-order chi connectivity index (χ1) is 14.1. The van der Waals surface area contributed by atoms with Gasteiger partial charge in [-0.1, -0.05) is 30.3 Å². The normalized spacial score (nSPS) is 16.2. The molecule has 150 valence electrons. The van der Waals surface area contributed by atoms with E-state index in [1.807, 2.05) is 30.3 Å². The van der Waals surface area contributed by atoms with Gasteiger partial charge in [-0.2, -0.15) is 0 Å². The van der Waals surface area contributed by atoms with Gasteiger partial charge < -0.3 is 15.0 Å². The number of carbonyl (C=O) groups excluding carboxylic acids is 1. The average Bonchev–Trinajstić information content (AvgIpc) is 3.25. The number of hydrogen-bond acceptors (Lipinski definition) is 4. The summed E-state index contributed by atoms with van der Waals surface area (Å²) in [6, 6.07) is 15.0. The summed E-state index contributed by atoms with van der Waals surface area (Å²) >= 11 is 5.39. The summed E-state index contributed by atoms with van der Waals surface area (Å²) in [7, 11) is 0. The van der Waals surface area contributed by atoms with Crippen molar-refractivity contribution in [2.45, 2.75) is 31.9 Å². The third kappa shape index (κ3) is 4.46. The van der Waals surface area contributed by atoms with Crippen LogP contribution in [0.3, 0.4) is 0 Å². The molecule has 1 saturated heterocycles. The molecule has 4 rings (SSSR count). The standard InChI is InChI=1S/C22H23N3O3S/c26-20(23-11-10-15-5-2-1-3-6-15)16-8-9-18-19(13-16)24-22(29)25(21(18)27)14-17-7-4-12-28-17/h1-3,5-6,8-9,13,17H,4,7,10-12,14H2,(H,23,26)(H,24,29)/t17-/m0/s1. The van der Waals surface area contributed by atoms with E-state index in [1.165, 1.54) is 5.56 Å². The Morgan fingerprint density at radius 3 is 2.83 bits per heavy atom. The molecule has 0 unspecified atom stereocenters. The average molecular weight is 410 g/mol. The molecule has 3 aromatic rings. The largest absolute Gasteiger partial charge is 0.376 e. The molecule has 0 saturated carbocycles. The Labute approximate surface area is 173 Å². The van der Waals surface area contributed by atoms with E-state index in [0.29, 0.717) is 34.3 Å². The van der Waals surface area contributed by atoms with Crippen molar-refractivity contribution in [3.05, 3.63) is 74.8 Å². The molecule has 0 spiro atoms. The van der Waals surface area contributed by atoms with Gasteiger partial charge in [0, 0.05) is 18.7 Å². The van der Waals surface area contributed by atoms with Gasteiger partial charge >= 0.3 is 0 Å². The number of rotatable bonds is 6. The molecule has 0 radical (unpaired) electrons. The molecule has 2 N–H and O–H groups in total. The van der Waals surface area contributed by atoms with Crippen LogP contribution in [-0.4, -0.2) is 34.7 Å². The zero-order valence-corrected chi connectivity index (χ0v) is 16.8. The molecule has 1 aromatic heterocycles. The summed E-state index contributed by atoms with van der Waals surface area (Å²) in [5.74, 6) is -0.175. The summed E-state index contributed by atoms with van der Waals surface area (Å²) in [6.07, 6.45) is 2.72. The molecule has 1 amide bonds. The van der Waals surface area contributed by atoms with Gasteiger partial charge in [-0.3, -0.25) is 14.2 Å². The summed E-state index contributed by atoms with van der Waals surface area (Å²) in [6.45, 7) is 1.72. The Bertz CT molecular complexity index is 1130. The molecule has 2 heterocycles. The maximum atomic E-state index is 12.9. The predicted octanol–water partition coefficient (Wildman–Crippen LogP) is 3.21. The van der Waals surface area contributed by atoms with Crippen molar-refractivity contribution < 1.29 is 9.53 Å². The van der Waals surface area contributed by atoms with Gasteiger partial charge in [-0.15, -0.1) is 0 Å². The van der Waals surface area contributed by atoms with Crippen molar-refractivity contribution >= 4 is 29.0 Å². The van der Waals surface area contributed by atoms with Crippen molar-refractivity contribution in [2.75, 3.05) is 13.2 Å². The van der Waals surface area contributed by atoms with Crippen LogP contribution in [0.1, 0.15) is 28.8 Å². The Balaban J connectivity index is 1.50. The number of carbonyl (C=O) groups is 1. The number of nitrogens with one attached hydrogen (secondary N) is 2. The number of aromatic nitrogens is 2. The third-order valence-electron chi connectivity index (χ3n) is 5.20. The third-order valence-corrected chi connectivity index (χ3v) is 5.52. The van der Waals surface area contributed by atoms with Crippen LogP contribution >= 0.6 is 12.2 Å². The van der Waals surface area contributed by atoms with E-state index in [-0.39, 0.29) is 17.6 Å². The zero-order valence-electron chi connectivity index (χ0n) is 16.0. The first-order valence-corrected chi connectivity index (χ1v) is 10.2. The quantitative estimate of drug-likeness (QED) is 0.613. The van der Waals surface area contributed by atoms with Crippen LogP contribution in [0.25, 0.3) is 10.9 Å². The van der Waals surface area contributed by atoms with Crippen LogP contribution in [0.5, 0.6) is 0 Å². The second-order valence-electron chi connectivity index (χ2n) is 7.23. The molecular formula is C22H23N3O3S. The molecular weight excluding hydrogens is 386 g/mol. The van der Waals surface area contributed by atoms with Crippen molar-refractivity contribution in [2.24, 2.45) is 0 Å². The molecule has 7 heteroatoms. The number of ether oxygens (including phenoxy) is 1. The monoisotopic (exact) mass is 409 g/mol. The van der Waals surface area contributed by atoms with E-state index in [9.17, 15) is 9.59 Å². The Morgan fingerprint density at radius 1 is 1.24 bits per heavy atom. The molecule has 0 aliphatic carbocycles. The summed E-state index contributed by atoms with van der Waals surface area (Å²) in [4.78, 5) is 28.5. The van der Waals surface area contributed by atoms with Gasteiger partial charge in [0.1, 0.15) is 0 Å². The molecule has 1 atom stereocenters. The lowest BCUT2D eigenvalue weighted by atomic mass is 10.1. The molecule has 29 heavy (non-hydrogen) atoms. The van der Waals surface area contributed by atoms with Gasteiger partial charge in [0.05, 0.1) is 23.6 Å². The molecule has 6 nitrogen and oxygen atoms in total. The van der Waals surface area contributed by atoms with Crippen molar-refractivity contribution in [3.8, 4) is 0 Å². The van der Waals surface area contributed by atoms with Gasteiger partial charge in [0.2, 0.25) is 0 Å². The SMILES string of the molecule is O=C(NCCc1ccccc1)c1ccc2c(=O)n(C[C@@H]3CCCO3)c(=S)[nH]c2c1. The van der Waals surface area contributed by atoms with Crippen LogP contribution in [-0.2, 0) is 17.7 Å². The number of amides is 1. The van der Waals surface area contributed by atoms with Gasteiger partial charge in [0.25, 0.3) is 11.5 Å². The Kier molecular flexibility index (Phi) is 5.87. The Hall–Kier alpha value is -2.77. The molecule has 0 bridgehead atoms. The molecule has 1 aliphatic heterocycles. The smallest absolute Gasteiger partial charge is 0.262 e. The first kappa shape index (κ1) is 19.5. The van der Waals surface area contributed by atoms with Crippen LogP contribution in [0.15, 0.2) is 53.3 Å². The van der Waals surface area contributed by atoms with E-state index in [1.54, 1.807) is 22.8 Å². The highest BCUT2D eigenvalue weighted by molar-refractivity contribution is 7.71. The van der Waals surface area contributed by atoms with Gasteiger partial charge in [0.15, 0.2) is 4.77 Å². The van der Waals surface area contributed by atoms with Crippen molar-refractivity contribution in [1.29, 1.82) is 0 Å². The summed E-state index contributed by atoms with van der Waals surface area (Å²) in [5.41, 5.74) is 2.07. The predicted molar refractivity (Wildman–Crippen MR) is 115 cm³/mol. The van der Waals surface area contributed by atoms with Crippen molar-refractivity contribution in [3.63, 3.8) is 0 Å². The van der Waals surface area contributed by atoms with E-state index >= 15 is 0 Å². The van der Waals surface area contributed by atoms with E-state index < -0.39 is 0 Å². The number of benzene rings is 2. The number of hydrogen-bond donors (Lipinski definition) is 2. The minimum Gasteiger partial charge on any atom is -0.376 e. The van der Waals surface area contributed by atoms with E-state index in [0.717, 1.165) is 25.9 Å². The fraction of sp³-hybridized carbons (Fsp3) is 0.318. The lowest BCUT2D eigenvalue weighted by Gasteiger charge is -2.13. The highest BCUT2D eigenvalue weighted by Gasteiger charge is 2.18. The van der Waals surface area contributed by atoms with Crippen LogP contribution in [0.4, 0.5) is 0 Å². The molecule has 2 aromatic carbocycles. The van der Waals surface area contributed by atoms with Gasteiger partial charge in [-0.25, -0.2) is 0 Å². The highest BCUT2D eigenvalue weighted by atomic mass is 32.1. The fourth-order valence-electron chi connectivity index (χ4n) is 3.62. The summed E-state index contributed by atoms with van der Waals surface area (Å²) < 4.78 is 7.52. The second kappa shape index (κ2) is 8.71. The number of aromatic amines is 1. The number of fused-ring (bicyclic) bond motifs is 1. The van der Waals surface area contributed by atoms with Crippen LogP contribution < -0.4 is 10.9 Å². The lowest BCUT2D eigenvalue weighted by Crippen LogP contribution is -2.28. The van der Waals surface area contributed by atoms with Gasteiger partial charge in [-0.05, 0) is 55.2 Å². The lowest BCUT2D eigenvalue weighted by molar-refractivity contribution is 0.0953. The number of nitrogens with zero attached hydrogens (tertiary/aromatic N) is 1. The maximum Gasteiger partial charge on any atom is 0.262 e. The minimum absolute atomic E-state index is 0.0231. The molecule has 1 fully saturated rings. The van der Waals surface area contributed by atoms with E-state index in [4.69, 9.17) is 17.0 Å². The minimum atomic E-state index is -0.175. The Morgan fingerprint density at radius 2 is 2.07 bits per heavy atom. The van der Waals surface area contributed by atoms with Crippen LogP contribution in [0, 0.1) is 4.77 Å². The first-order valence-electron chi connectivity index (χ1n) is 9.82. The number of H-pyrrole nitrogens is 1. The highest BCUT2D eigenvalue weighted by Crippen LogP contribution is 2.15. The fourth-order valence-corrected chi connectivity index (χ4v) is 3.89. The topological polar surface area (TPSA) is 76.1 Å². The van der Waals surface area contributed by atoms with Crippen LogP contribution in [0.2, 0.25) is 0 Å². The van der Waals surface area contributed by atoms with Crippen molar-refractivity contribution in [1.82, 2.24) is 14.9 Å². The second-order valence-corrected chi connectivity index (χ2v) is 7.62.